The van der Waals surface area contributed by atoms with Crippen molar-refractivity contribution in [3.8, 4) is 0 Å². The first kappa shape index (κ1) is 10.9. The molecule has 0 radical (unpaired) electrons. The van der Waals surface area contributed by atoms with E-state index in [-0.39, 0.29) is 5.91 Å². The first-order valence-electron chi connectivity index (χ1n) is 5.86. The van der Waals surface area contributed by atoms with Gasteiger partial charge in [0.25, 0.3) is 0 Å². The van der Waals surface area contributed by atoms with Gasteiger partial charge in [-0.25, -0.2) is 0 Å². The van der Waals surface area contributed by atoms with Crippen molar-refractivity contribution in [1.29, 1.82) is 0 Å². The van der Waals surface area contributed by atoms with E-state index in [1.807, 2.05) is 0 Å². The third kappa shape index (κ3) is 2.92. The molecule has 0 aromatic carbocycles. The van der Waals surface area contributed by atoms with Crippen molar-refractivity contribution in [1.82, 2.24) is 5.32 Å². The molecule has 86 valence electrons. The molecule has 1 saturated heterocycles. The fourth-order valence-corrected chi connectivity index (χ4v) is 1.94. The molecule has 1 unspecified atom stereocenters. The van der Waals surface area contributed by atoms with Crippen LogP contribution in [0.25, 0.3) is 0 Å². The number of nitrogens with two attached hydrogens (primary N) is 1. The summed E-state index contributed by atoms with van der Waals surface area (Å²) in [7, 11) is 0. The maximum atomic E-state index is 11.7. The summed E-state index contributed by atoms with van der Waals surface area (Å²) in [5.41, 5.74) is 5.16. The molecule has 1 atom stereocenters. The molecule has 0 aromatic rings. The standard InChI is InChI=1S/C11H20N2O2/c12-11(5-7-15-8-11)10(14)13-6-1-2-9-3-4-9/h9H,1-8,12H2,(H,13,14). The Hall–Kier alpha value is -0.610. The largest absolute Gasteiger partial charge is 0.379 e. The molecule has 2 aliphatic rings. The van der Waals surface area contributed by atoms with Gasteiger partial charge in [0.05, 0.1) is 6.61 Å². The van der Waals surface area contributed by atoms with Crippen LogP contribution < -0.4 is 11.1 Å². The molecule has 1 aliphatic heterocycles. The summed E-state index contributed by atoms with van der Waals surface area (Å²) in [6.45, 7) is 1.72. The zero-order valence-corrected chi connectivity index (χ0v) is 9.13. The molecular formula is C11H20N2O2. The number of ether oxygens (including phenoxy) is 1. The summed E-state index contributed by atoms with van der Waals surface area (Å²) in [4.78, 5) is 11.7. The average Bonchev–Trinajstić information content (AvgIpc) is 2.94. The minimum atomic E-state index is -0.764. The maximum Gasteiger partial charge on any atom is 0.242 e. The summed E-state index contributed by atoms with van der Waals surface area (Å²) >= 11 is 0. The van der Waals surface area contributed by atoms with Crippen LogP contribution in [0.1, 0.15) is 32.1 Å². The molecule has 1 amide bonds. The summed E-state index contributed by atoms with van der Waals surface area (Å²) in [6, 6.07) is 0. The average molecular weight is 212 g/mol. The second-order valence-corrected chi connectivity index (χ2v) is 4.80. The third-order valence-corrected chi connectivity index (χ3v) is 3.28. The van der Waals surface area contributed by atoms with Crippen LogP contribution in [-0.2, 0) is 9.53 Å². The van der Waals surface area contributed by atoms with Gasteiger partial charge in [0.1, 0.15) is 5.54 Å². The number of rotatable bonds is 5. The number of carbonyl (C=O) groups is 1. The van der Waals surface area contributed by atoms with Crippen LogP contribution in [0.2, 0.25) is 0 Å². The van der Waals surface area contributed by atoms with Crippen molar-refractivity contribution < 1.29 is 9.53 Å². The van der Waals surface area contributed by atoms with Crippen LogP contribution in [-0.4, -0.2) is 31.2 Å². The van der Waals surface area contributed by atoms with Gasteiger partial charge in [-0.2, -0.15) is 0 Å². The van der Waals surface area contributed by atoms with Gasteiger partial charge in [-0.05, 0) is 25.2 Å². The Morgan fingerprint density at radius 1 is 1.53 bits per heavy atom. The molecule has 4 heteroatoms. The van der Waals surface area contributed by atoms with Gasteiger partial charge < -0.3 is 15.8 Å². The summed E-state index contributed by atoms with van der Waals surface area (Å²) in [5.74, 6) is 0.888. The number of nitrogens with one attached hydrogen (secondary N) is 1. The molecule has 0 spiro atoms. The molecule has 1 saturated carbocycles. The fraction of sp³-hybridized carbons (Fsp3) is 0.909. The fourth-order valence-electron chi connectivity index (χ4n) is 1.94. The SMILES string of the molecule is NC1(C(=O)NCCCC2CC2)CCOC1. The highest BCUT2D eigenvalue weighted by Gasteiger charge is 2.37. The zero-order chi connectivity index (χ0) is 10.7. The minimum absolute atomic E-state index is 0.0456. The highest BCUT2D eigenvalue weighted by atomic mass is 16.5. The van der Waals surface area contributed by atoms with Gasteiger partial charge in [-0.3, -0.25) is 4.79 Å². The lowest BCUT2D eigenvalue weighted by Gasteiger charge is -2.20. The Kier molecular flexibility index (Phi) is 3.26. The lowest BCUT2D eigenvalue weighted by molar-refractivity contribution is -0.126. The quantitative estimate of drug-likeness (QED) is 0.649. The predicted molar refractivity (Wildman–Crippen MR) is 57.3 cm³/mol. The highest BCUT2D eigenvalue weighted by molar-refractivity contribution is 5.86. The second kappa shape index (κ2) is 4.49. The van der Waals surface area contributed by atoms with Crippen LogP contribution in [0, 0.1) is 5.92 Å². The number of hydrogen-bond donors (Lipinski definition) is 2. The van der Waals surface area contributed by atoms with Gasteiger partial charge in [0, 0.05) is 13.2 Å². The van der Waals surface area contributed by atoms with E-state index < -0.39 is 5.54 Å². The van der Waals surface area contributed by atoms with Crippen LogP contribution in [0.3, 0.4) is 0 Å². The Balaban J connectivity index is 1.62. The van der Waals surface area contributed by atoms with Gasteiger partial charge in [0.2, 0.25) is 5.91 Å². The molecule has 4 nitrogen and oxygen atoms in total. The normalized spacial score (nSPS) is 30.5. The van der Waals surface area contributed by atoms with Crippen LogP contribution in [0.4, 0.5) is 0 Å². The van der Waals surface area contributed by atoms with E-state index in [0.717, 1.165) is 18.9 Å². The highest BCUT2D eigenvalue weighted by Crippen LogP contribution is 2.33. The second-order valence-electron chi connectivity index (χ2n) is 4.80. The zero-order valence-electron chi connectivity index (χ0n) is 9.13. The summed E-state index contributed by atoms with van der Waals surface area (Å²) in [5, 5.41) is 2.90. The van der Waals surface area contributed by atoms with Crippen LogP contribution >= 0.6 is 0 Å². The Bertz CT molecular complexity index is 233. The molecule has 1 aliphatic carbocycles. The van der Waals surface area contributed by atoms with Gasteiger partial charge >= 0.3 is 0 Å². The van der Waals surface area contributed by atoms with Crippen molar-refractivity contribution in [2.75, 3.05) is 19.8 Å². The molecule has 0 bridgehead atoms. The minimum Gasteiger partial charge on any atom is -0.379 e. The van der Waals surface area contributed by atoms with E-state index in [0.29, 0.717) is 19.6 Å². The Morgan fingerprint density at radius 3 is 2.93 bits per heavy atom. The summed E-state index contributed by atoms with van der Waals surface area (Å²) in [6.07, 6.45) is 5.72. The maximum absolute atomic E-state index is 11.7. The van der Waals surface area contributed by atoms with E-state index in [2.05, 4.69) is 5.32 Å². The molecule has 2 rings (SSSR count). The molecule has 1 heterocycles. The molecule has 3 N–H and O–H groups in total. The Labute approximate surface area is 90.5 Å². The van der Waals surface area contributed by atoms with Crippen molar-refractivity contribution in [3.63, 3.8) is 0 Å². The first-order chi connectivity index (χ1) is 7.21. The molecular weight excluding hydrogens is 192 g/mol. The third-order valence-electron chi connectivity index (χ3n) is 3.28. The summed E-state index contributed by atoms with van der Waals surface area (Å²) < 4.78 is 5.15. The molecule has 2 fully saturated rings. The van der Waals surface area contributed by atoms with Gasteiger partial charge in [-0.15, -0.1) is 0 Å². The first-order valence-corrected chi connectivity index (χ1v) is 5.86. The lowest BCUT2D eigenvalue weighted by atomic mass is 9.99. The smallest absolute Gasteiger partial charge is 0.242 e. The van der Waals surface area contributed by atoms with Crippen molar-refractivity contribution in [2.45, 2.75) is 37.6 Å². The Morgan fingerprint density at radius 2 is 2.33 bits per heavy atom. The lowest BCUT2D eigenvalue weighted by Crippen LogP contribution is -2.54. The number of hydrogen-bond acceptors (Lipinski definition) is 3. The van der Waals surface area contributed by atoms with Crippen molar-refractivity contribution in [2.24, 2.45) is 11.7 Å². The van der Waals surface area contributed by atoms with E-state index in [1.165, 1.54) is 19.3 Å². The van der Waals surface area contributed by atoms with E-state index in [9.17, 15) is 4.79 Å². The van der Waals surface area contributed by atoms with E-state index in [4.69, 9.17) is 10.5 Å². The van der Waals surface area contributed by atoms with Crippen molar-refractivity contribution in [3.05, 3.63) is 0 Å². The topological polar surface area (TPSA) is 64.4 Å². The van der Waals surface area contributed by atoms with Crippen molar-refractivity contribution >= 4 is 5.91 Å². The molecule has 0 aromatic heterocycles. The predicted octanol–water partition coefficient (Wildman–Crippen LogP) is 0.411. The monoisotopic (exact) mass is 212 g/mol. The van der Waals surface area contributed by atoms with Gasteiger partial charge in [0.15, 0.2) is 0 Å². The van der Waals surface area contributed by atoms with Crippen LogP contribution in [0.15, 0.2) is 0 Å². The number of carbonyl (C=O) groups excluding carboxylic acids is 1. The van der Waals surface area contributed by atoms with E-state index in [1.54, 1.807) is 0 Å². The van der Waals surface area contributed by atoms with Gasteiger partial charge in [-0.1, -0.05) is 12.8 Å². The molecule has 15 heavy (non-hydrogen) atoms. The van der Waals surface area contributed by atoms with E-state index >= 15 is 0 Å². The number of amides is 1. The van der Waals surface area contributed by atoms with Crippen LogP contribution in [0.5, 0.6) is 0 Å².